The molecule has 120 valence electrons. The van der Waals surface area contributed by atoms with E-state index in [1.807, 2.05) is 0 Å². The fourth-order valence-electron chi connectivity index (χ4n) is 6.00. The van der Waals surface area contributed by atoms with Crippen LogP contribution in [0.5, 0.6) is 0 Å². The highest BCUT2D eigenvalue weighted by Gasteiger charge is 2.50. The molecule has 1 atom stereocenters. The third-order valence-electron chi connectivity index (χ3n) is 6.47. The van der Waals surface area contributed by atoms with Crippen LogP contribution in [0.4, 0.5) is 0 Å². The largest absolute Gasteiger partial charge is 0.355 e. The van der Waals surface area contributed by atoms with Crippen molar-refractivity contribution >= 4 is 18.3 Å². The molecule has 5 rings (SSSR count). The summed E-state index contributed by atoms with van der Waals surface area (Å²) in [6.07, 6.45) is 10.8. The molecular weight excluding hydrogens is 284 g/mol. The van der Waals surface area contributed by atoms with Gasteiger partial charge in [0.25, 0.3) is 0 Å². The smallest absolute Gasteiger partial charge is 0.224 e. The van der Waals surface area contributed by atoms with Gasteiger partial charge in [-0.05, 0) is 81.1 Å². The lowest BCUT2D eigenvalue weighted by atomic mass is 9.49. The van der Waals surface area contributed by atoms with Gasteiger partial charge in [0.1, 0.15) is 0 Å². The van der Waals surface area contributed by atoms with Crippen molar-refractivity contribution in [3.05, 3.63) is 0 Å². The molecule has 0 unspecified atom stereocenters. The maximum absolute atomic E-state index is 12.3. The molecule has 0 aromatic carbocycles. The Bertz CT molecular complexity index is 357. The molecule has 2 N–H and O–H groups in total. The molecule has 0 radical (unpaired) electrons. The summed E-state index contributed by atoms with van der Waals surface area (Å²) in [6.45, 7) is 2.93. The highest BCUT2D eigenvalue weighted by Crippen LogP contribution is 2.59. The Morgan fingerprint density at radius 2 is 1.71 bits per heavy atom. The van der Waals surface area contributed by atoms with Crippen molar-refractivity contribution in [2.75, 3.05) is 19.6 Å². The molecule has 4 bridgehead atoms. The van der Waals surface area contributed by atoms with E-state index in [-0.39, 0.29) is 18.3 Å². The second-order valence-electron chi connectivity index (χ2n) is 8.18. The molecule has 1 heterocycles. The molecule has 1 amide bonds. The van der Waals surface area contributed by atoms with Gasteiger partial charge >= 0.3 is 0 Å². The maximum atomic E-state index is 12.3. The Morgan fingerprint density at radius 3 is 2.24 bits per heavy atom. The number of rotatable bonds is 3. The molecule has 1 saturated heterocycles. The van der Waals surface area contributed by atoms with Crippen LogP contribution in [-0.2, 0) is 4.79 Å². The Hall–Kier alpha value is -0.280. The molecule has 4 saturated carbocycles. The molecule has 5 fully saturated rings. The highest BCUT2D eigenvalue weighted by molar-refractivity contribution is 5.85. The van der Waals surface area contributed by atoms with E-state index in [0.717, 1.165) is 50.2 Å². The minimum Gasteiger partial charge on any atom is -0.355 e. The van der Waals surface area contributed by atoms with E-state index in [0.29, 0.717) is 11.3 Å². The van der Waals surface area contributed by atoms with Crippen molar-refractivity contribution in [2.24, 2.45) is 29.1 Å². The standard InChI is InChI=1S/C17H28N2O.ClH/c20-16(15-2-1-3-18-10-15)19-11-17-7-12-4-13(8-17)6-14(5-12)9-17;/h12-15,18H,1-11H2,(H,19,20);1H/t12?,13?,14?,15-,17?;/m1./s1. The topological polar surface area (TPSA) is 41.1 Å². The van der Waals surface area contributed by atoms with Crippen LogP contribution in [0.3, 0.4) is 0 Å². The van der Waals surface area contributed by atoms with Crippen molar-refractivity contribution in [1.29, 1.82) is 0 Å². The van der Waals surface area contributed by atoms with Crippen LogP contribution in [0, 0.1) is 29.1 Å². The minimum atomic E-state index is 0. The summed E-state index contributed by atoms with van der Waals surface area (Å²) in [5, 5.41) is 6.68. The third-order valence-corrected chi connectivity index (χ3v) is 6.47. The van der Waals surface area contributed by atoms with Crippen molar-refractivity contribution in [1.82, 2.24) is 10.6 Å². The molecule has 0 aromatic rings. The van der Waals surface area contributed by atoms with Crippen LogP contribution < -0.4 is 10.6 Å². The second-order valence-corrected chi connectivity index (χ2v) is 8.18. The summed E-state index contributed by atoms with van der Waals surface area (Å²) in [6, 6.07) is 0. The van der Waals surface area contributed by atoms with Gasteiger partial charge in [-0.2, -0.15) is 0 Å². The number of hydrogen-bond donors (Lipinski definition) is 2. The zero-order chi connectivity index (χ0) is 13.6. The van der Waals surface area contributed by atoms with Gasteiger partial charge in [-0.15, -0.1) is 12.4 Å². The first kappa shape index (κ1) is 15.6. The zero-order valence-electron chi connectivity index (χ0n) is 12.9. The van der Waals surface area contributed by atoms with E-state index < -0.39 is 0 Å². The quantitative estimate of drug-likeness (QED) is 0.841. The summed E-state index contributed by atoms with van der Waals surface area (Å²) in [7, 11) is 0. The minimum absolute atomic E-state index is 0. The van der Waals surface area contributed by atoms with Crippen LogP contribution in [0.1, 0.15) is 51.4 Å². The first-order valence-corrected chi connectivity index (χ1v) is 8.71. The number of halogens is 1. The van der Waals surface area contributed by atoms with Crippen molar-refractivity contribution in [3.8, 4) is 0 Å². The van der Waals surface area contributed by atoms with E-state index in [1.165, 1.54) is 38.5 Å². The number of carbonyl (C=O) groups is 1. The fourth-order valence-corrected chi connectivity index (χ4v) is 6.00. The van der Waals surface area contributed by atoms with E-state index in [1.54, 1.807) is 0 Å². The van der Waals surface area contributed by atoms with Gasteiger partial charge in [-0.3, -0.25) is 4.79 Å². The van der Waals surface area contributed by atoms with Gasteiger partial charge < -0.3 is 10.6 Å². The predicted octanol–water partition coefficient (Wildman–Crippen LogP) is 2.74. The van der Waals surface area contributed by atoms with Crippen molar-refractivity contribution in [3.63, 3.8) is 0 Å². The van der Waals surface area contributed by atoms with E-state index in [2.05, 4.69) is 10.6 Å². The molecule has 4 aliphatic carbocycles. The van der Waals surface area contributed by atoms with Gasteiger partial charge in [0.15, 0.2) is 0 Å². The van der Waals surface area contributed by atoms with Crippen molar-refractivity contribution in [2.45, 2.75) is 51.4 Å². The molecule has 0 aromatic heterocycles. The SMILES string of the molecule is Cl.O=C(NCC12CC3CC(CC(C3)C1)C2)[C@@H]1CCCNC1. The summed E-state index contributed by atoms with van der Waals surface area (Å²) >= 11 is 0. The molecule has 4 heteroatoms. The lowest BCUT2D eigenvalue weighted by molar-refractivity contribution is -0.127. The Labute approximate surface area is 134 Å². The predicted molar refractivity (Wildman–Crippen MR) is 86.5 cm³/mol. The molecule has 3 nitrogen and oxygen atoms in total. The average Bonchev–Trinajstić information content (AvgIpc) is 2.44. The second kappa shape index (κ2) is 6.08. The highest BCUT2D eigenvalue weighted by atomic mass is 35.5. The number of nitrogens with one attached hydrogen (secondary N) is 2. The Morgan fingerprint density at radius 1 is 1.10 bits per heavy atom. The summed E-state index contributed by atoms with van der Waals surface area (Å²) in [5.74, 6) is 3.48. The van der Waals surface area contributed by atoms with Gasteiger partial charge in [-0.25, -0.2) is 0 Å². The lowest BCUT2D eigenvalue weighted by Crippen LogP contribution is -2.52. The van der Waals surface area contributed by atoms with Crippen LogP contribution >= 0.6 is 12.4 Å². The molecule has 5 aliphatic rings. The van der Waals surface area contributed by atoms with E-state index >= 15 is 0 Å². The molecule has 1 aliphatic heterocycles. The molecular formula is C17H29ClN2O. The summed E-state index contributed by atoms with van der Waals surface area (Å²) < 4.78 is 0. The van der Waals surface area contributed by atoms with E-state index in [9.17, 15) is 4.79 Å². The lowest BCUT2D eigenvalue weighted by Gasteiger charge is -2.57. The number of hydrogen-bond acceptors (Lipinski definition) is 2. The number of amides is 1. The Balaban J connectivity index is 0.00000132. The van der Waals surface area contributed by atoms with Gasteiger partial charge in [-0.1, -0.05) is 0 Å². The normalized spacial score (nSPS) is 44.2. The number of carbonyl (C=O) groups excluding carboxylic acids is 1. The van der Waals surface area contributed by atoms with Gasteiger partial charge in [0.05, 0.1) is 5.92 Å². The number of piperidine rings is 1. The van der Waals surface area contributed by atoms with Gasteiger partial charge in [0.2, 0.25) is 5.91 Å². The average molecular weight is 313 g/mol. The van der Waals surface area contributed by atoms with Crippen LogP contribution in [-0.4, -0.2) is 25.5 Å². The zero-order valence-corrected chi connectivity index (χ0v) is 13.7. The molecule has 0 spiro atoms. The van der Waals surface area contributed by atoms with Gasteiger partial charge in [0, 0.05) is 13.1 Å². The summed E-state index contributed by atoms with van der Waals surface area (Å²) in [5.41, 5.74) is 0.479. The monoisotopic (exact) mass is 312 g/mol. The maximum Gasteiger partial charge on any atom is 0.224 e. The molecule has 21 heavy (non-hydrogen) atoms. The van der Waals surface area contributed by atoms with Crippen molar-refractivity contribution < 1.29 is 4.79 Å². The third kappa shape index (κ3) is 3.10. The fraction of sp³-hybridized carbons (Fsp3) is 0.941. The van der Waals surface area contributed by atoms with Crippen LogP contribution in [0.25, 0.3) is 0 Å². The van der Waals surface area contributed by atoms with Crippen LogP contribution in [0.15, 0.2) is 0 Å². The first-order valence-electron chi connectivity index (χ1n) is 8.71. The summed E-state index contributed by atoms with van der Waals surface area (Å²) in [4.78, 5) is 12.3. The van der Waals surface area contributed by atoms with Crippen LogP contribution in [0.2, 0.25) is 0 Å². The Kier molecular flexibility index (Phi) is 4.52. The van der Waals surface area contributed by atoms with E-state index in [4.69, 9.17) is 0 Å². The first-order chi connectivity index (χ1) is 9.72.